The third-order valence-corrected chi connectivity index (χ3v) is 10.1. The highest BCUT2D eigenvalue weighted by atomic mass is 35.5. The number of nitrogens with zero attached hydrogens (tertiary/aromatic N) is 2. The van der Waals surface area contributed by atoms with Gasteiger partial charge in [0.2, 0.25) is 11.8 Å². The molecule has 0 radical (unpaired) electrons. The zero-order valence-electron chi connectivity index (χ0n) is 26.4. The second kappa shape index (κ2) is 15.9. The molecular formula is C35H36Cl3N3O5S. The van der Waals surface area contributed by atoms with Crippen LogP contribution in [0.5, 0.6) is 5.75 Å². The van der Waals surface area contributed by atoms with Gasteiger partial charge in [-0.1, -0.05) is 88.9 Å². The summed E-state index contributed by atoms with van der Waals surface area (Å²) < 4.78 is 35.1. The predicted octanol–water partition coefficient (Wildman–Crippen LogP) is 7.32. The Morgan fingerprint density at radius 3 is 2.15 bits per heavy atom. The fourth-order valence-corrected chi connectivity index (χ4v) is 6.88. The maximum atomic E-state index is 14.6. The van der Waals surface area contributed by atoms with Gasteiger partial charge in [0, 0.05) is 24.0 Å². The first-order valence-corrected chi connectivity index (χ1v) is 17.4. The Morgan fingerprint density at radius 1 is 0.851 bits per heavy atom. The van der Waals surface area contributed by atoms with Crippen molar-refractivity contribution >= 4 is 62.3 Å². The summed E-state index contributed by atoms with van der Waals surface area (Å²) >= 11 is 18.9. The largest absolute Gasteiger partial charge is 0.495 e. The summed E-state index contributed by atoms with van der Waals surface area (Å²) in [6, 6.07) is 23.8. The lowest BCUT2D eigenvalue weighted by Crippen LogP contribution is -2.54. The Labute approximate surface area is 291 Å². The zero-order valence-corrected chi connectivity index (χ0v) is 29.5. The van der Waals surface area contributed by atoms with E-state index in [9.17, 15) is 18.0 Å². The van der Waals surface area contributed by atoms with Crippen LogP contribution in [-0.4, -0.2) is 50.9 Å². The number of anilines is 1. The molecule has 1 N–H and O–H groups in total. The van der Waals surface area contributed by atoms with E-state index in [1.807, 2.05) is 51.1 Å². The Balaban J connectivity index is 1.87. The van der Waals surface area contributed by atoms with E-state index >= 15 is 0 Å². The molecule has 0 aliphatic heterocycles. The third kappa shape index (κ3) is 9.20. The van der Waals surface area contributed by atoms with Crippen molar-refractivity contribution in [3.63, 3.8) is 0 Å². The van der Waals surface area contributed by atoms with Gasteiger partial charge in [0.05, 0.1) is 27.7 Å². The van der Waals surface area contributed by atoms with Crippen LogP contribution in [-0.2, 0) is 32.6 Å². The molecule has 8 nitrogen and oxygen atoms in total. The summed E-state index contributed by atoms with van der Waals surface area (Å²) in [6.07, 6.45) is 0.164. The van der Waals surface area contributed by atoms with Crippen molar-refractivity contribution in [3.05, 3.63) is 123 Å². The average molecular weight is 717 g/mol. The summed E-state index contributed by atoms with van der Waals surface area (Å²) in [4.78, 5) is 29.8. The van der Waals surface area contributed by atoms with Crippen LogP contribution in [0.25, 0.3) is 0 Å². The van der Waals surface area contributed by atoms with Gasteiger partial charge >= 0.3 is 0 Å². The normalized spacial score (nSPS) is 12.0. The quantitative estimate of drug-likeness (QED) is 0.157. The van der Waals surface area contributed by atoms with Crippen LogP contribution in [0.2, 0.25) is 15.1 Å². The minimum Gasteiger partial charge on any atom is -0.495 e. The van der Waals surface area contributed by atoms with Gasteiger partial charge in [0.1, 0.15) is 18.3 Å². The standard InChI is InChI=1S/C35H36Cl3N3O5S/c1-23(2)39-35(43)32(19-25-8-6-5-7-9-25)40(21-26-12-16-29(37)30(38)18-26)34(42)22-41(31-20-27(36)13-17-33(31)46-4)47(44,45)28-14-10-24(3)11-15-28/h5-18,20,23,32H,19,21-22H2,1-4H3,(H,39,43). The number of halogens is 3. The molecule has 4 rings (SSSR count). The lowest BCUT2D eigenvalue weighted by atomic mass is 10.0. The lowest BCUT2D eigenvalue weighted by molar-refractivity contribution is -0.140. The Morgan fingerprint density at radius 2 is 1.53 bits per heavy atom. The molecule has 0 heterocycles. The summed E-state index contributed by atoms with van der Waals surface area (Å²) in [5, 5.41) is 3.77. The van der Waals surface area contributed by atoms with Crippen molar-refractivity contribution < 1.29 is 22.7 Å². The Hall–Kier alpha value is -3.76. The maximum Gasteiger partial charge on any atom is 0.264 e. The van der Waals surface area contributed by atoms with Gasteiger partial charge in [-0.05, 0) is 74.4 Å². The number of amides is 2. The van der Waals surface area contributed by atoms with Crippen LogP contribution in [0.4, 0.5) is 5.69 Å². The summed E-state index contributed by atoms with van der Waals surface area (Å²) in [5.74, 6) is -0.855. The second-order valence-electron chi connectivity index (χ2n) is 11.3. The highest BCUT2D eigenvalue weighted by Gasteiger charge is 2.36. The number of rotatable bonds is 13. The molecule has 0 saturated carbocycles. The highest BCUT2D eigenvalue weighted by molar-refractivity contribution is 7.92. The number of methoxy groups -OCH3 is 1. The van der Waals surface area contributed by atoms with E-state index in [0.29, 0.717) is 10.6 Å². The van der Waals surface area contributed by atoms with E-state index < -0.39 is 34.4 Å². The second-order valence-corrected chi connectivity index (χ2v) is 14.4. The van der Waals surface area contributed by atoms with E-state index in [4.69, 9.17) is 39.5 Å². The van der Waals surface area contributed by atoms with E-state index in [1.54, 1.807) is 36.4 Å². The minimum atomic E-state index is -4.35. The van der Waals surface area contributed by atoms with E-state index in [2.05, 4.69) is 5.32 Å². The average Bonchev–Trinajstić information content (AvgIpc) is 3.03. The van der Waals surface area contributed by atoms with Crippen molar-refractivity contribution in [1.29, 1.82) is 0 Å². The van der Waals surface area contributed by atoms with Crippen LogP contribution < -0.4 is 14.4 Å². The minimum absolute atomic E-state index is 0.0349. The zero-order chi connectivity index (χ0) is 34.3. The number of carbonyl (C=O) groups excluding carboxylic acids is 2. The fourth-order valence-electron chi connectivity index (χ4n) is 4.98. The SMILES string of the molecule is COc1ccc(Cl)cc1N(CC(=O)N(Cc1ccc(Cl)c(Cl)c1)C(Cc1ccccc1)C(=O)NC(C)C)S(=O)(=O)c1ccc(C)cc1. The lowest BCUT2D eigenvalue weighted by Gasteiger charge is -2.34. The number of sulfonamides is 1. The Bertz CT molecular complexity index is 1820. The Kier molecular flexibility index (Phi) is 12.2. The van der Waals surface area contributed by atoms with Gasteiger partial charge < -0.3 is 15.0 Å². The molecule has 4 aromatic carbocycles. The van der Waals surface area contributed by atoms with Crippen molar-refractivity contribution in [1.82, 2.24) is 10.2 Å². The number of aryl methyl sites for hydroxylation is 1. The molecule has 2 amide bonds. The molecule has 1 unspecified atom stereocenters. The molecule has 47 heavy (non-hydrogen) atoms. The molecule has 1 atom stereocenters. The number of hydrogen-bond donors (Lipinski definition) is 1. The van der Waals surface area contributed by atoms with Crippen LogP contribution in [0.3, 0.4) is 0 Å². The molecule has 0 aliphatic rings. The number of ether oxygens (including phenoxy) is 1. The first-order chi connectivity index (χ1) is 22.3. The van der Waals surface area contributed by atoms with Crippen molar-refractivity contribution in [2.75, 3.05) is 18.0 Å². The van der Waals surface area contributed by atoms with Gasteiger partial charge in [0.15, 0.2) is 0 Å². The number of hydrogen-bond acceptors (Lipinski definition) is 5. The molecule has 0 aromatic heterocycles. The van der Waals surface area contributed by atoms with Crippen LogP contribution in [0, 0.1) is 6.92 Å². The predicted molar refractivity (Wildman–Crippen MR) is 188 cm³/mol. The molecule has 4 aromatic rings. The summed E-state index contributed by atoms with van der Waals surface area (Å²) in [5.41, 5.74) is 2.33. The molecule has 0 spiro atoms. The molecule has 0 bridgehead atoms. The molecule has 248 valence electrons. The van der Waals surface area contributed by atoms with Crippen LogP contribution >= 0.6 is 34.8 Å². The van der Waals surface area contributed by atoms with E-state index in [-0.39, 0.29) is 45.4 Å². The summed E-state index contributed by atoms with van der Waals surface area (Å²) in [6.45, 7) is 4.75. The maximum absolute atomic E-state index is 14.6. The monoisotopic (exact) mass is 715 g/mol. The van der Waals surface area contributed by atoms with Gasteiger partial charge in [0.25, 0.3) is 10.0 Å². The third-order valence-electron chi connectivity index (χ3n) is 7.34. The molecule has 0 fully saturated rings. The number of benzene rings is 4. The first-order valence-electron chi connectivity index (χ1n) is 14.8. The summed E-state index contributed by atoms with van der Waals surface area (Å²) in [7, 11) is -2.95. The van der Waals surface area contributed by atoms with Crippen LogP contribution in [0.1, 0.15) is 30.5 Å². The molecular weight excluding hydrogens is 681 g/mol. The highest BCUT2D eigenvalue weighted by Crippen LogP contribution is 2.35. The van der Waals surface area contributed by atoms with Gasteiger partial charge in [-0.2, -0.15) is 0 Å². The van der Waals surface area contributed by atoms with Crippen molar-refractivity contribution in [2.24, 2.45) is 0 Å². The number of carbonyl (C=O) groups is 2. The van der Waals surface area contributed by atoms with Gasteiger partial charge in [-0.15, -0.1) is 0 Å². The first kappa shape index (κ1) is 36.1. The molecule has 0 saturated heterocycles. The van der Waals surface area contributed by atoms with E-state index in [1.165, 1.54) is 36.3 Å². The van der Waals surface area contributed by atoms with Crippen LogP contribution in [0.15, 0.2) is 95.9 Å². The number of nitrogens with one attached hydrogen (secondary N) is 1. The van der Waals surface area contributed by atoms with E-state index in [0.717, 1.165) is 15.4 Å². The smallest absolute Gasteiger partial charge is 0.264 e. The fraction of sp³-hybridized carbons (Fsp3) is 0.257. The molecule has 0 aliphatic carbocycles. The van der Waals surface area contributed by atoms with Gasteiger partial charge in [-0.25, -0.2) is 8.42 Å². The molecule has 12 heteroatoms. The topological polar surface area (TPSA) is 96.0 Å². The van der Waals surface area contributed by atoms with Crippen molar-refractivity contribution in [3.8, 4) is 5.75 Å². The van der Waals surface area contributed by atoms with Gasteiger partial charge in [-0.3, -0.25) is 13.9 Å². The van der Waals surface area contributed by atoms with Crippen molar-refractivity contribution in [2.45, 2.75) is 50.7 Å².